The Morgan fingerprint density at radius 3 is 2.33 bits per heavy atom. The standard InChI is InChI=1S/C20H27IN2O3S/c1-2-25-17-13-15(20(27)23-10-4-3-5-11-23)12-16(21)19(17)26-14-18(24)22-8-6-7-9-22/h12-13H,2-11,14H2,1H3. The minimum atomic E-state index is 0.0404. The van der Waals surface area contributed by atoms with Crippen LogP contribution in [0.1, 0.15) is 44.6 Å². The maximum absolute atomic E-state index is 12.3. The number of carbonyl (C=O) groups is 1. The lowest BCUT2D eigenvalue weighted by Crippen LogP contribution is -2.35. The summed E-state index contributed by atoms with van der Waals surface area (Å²) in [7, 11) is 0. The van der Waals surface area contributed by atoms with Gasteiger partial charge in [-0.25, -0.2) is 0 Å². The minimum Gasteiger partial charge on any atom is -0.490 e. The molecule has 27 heavy (non-hydrogen) atoms. The lowest BCUT2D eigenvalue weighted by Gasteiger charge is -2.29. The van der Waals surface area contributed by atoms with Crippen LogP contribution in [-0.4, -0.2) is 60.1 Å². The van der Waals surface area contributed by atoms with Crippen LogP contribution < -0.4 is 9.47 Å². The van der Waals surface area contributed by atoms with Crippen molar-refractivity contribution in [2.75, 3.05) is 39.4 Å². The number of likely N-dealkylation sites (tertiary alicyclic amines) is 2. The number of rotatable bonds is 6. The van der Waals surface area contributed by atoms with Gasteiger partial charge in [-0.15, -0.1) is 0 Å². The number of piperidine rings is 1. The molecule has 1 amide bonds. The lowest BCUT2D eigenvalue weighted by atomic mass is 10.1. The van der Waals surface area contributed by atoms with Crippen molar-refractivity contribution in [3.63, 3.8) is 0 Å². The molecule has 2 saturated heterocycles. The van der Waals surface area contributed by atoms with Crippen LogP contribution >= 0.6 is 34.8 Å². The molecular formula is C20H27IN2O3S. The van der Waals surface area contributed by atoms with Crippen molar-refractivity contribution in [2.24, 2.45) is 0 Å². The molecule has 0 unspecified atom stereocenters. The van der Waals surface area contributed by atoms with Crippen molar-refractivity contribution in [2.45, 2.75) is 39.0 Å². The van der Waals surface area contributed by atoms with Gasteiger partial charge in [0.1, 0.15) is 4.99 Å². The van der Waals surface area contributed by atoms with Crippen LogP contribution in [0, 0.1) is 3.57 Å². The molecule has 0 bridgehead atoms. The van der Waals surface area contributed by atoms with E-state index in [-0.39, 0.29) is 12.5 Å². The predicted octanol–water partition coefficient (Wildman–Crippen LogP) is 3.85. The number of hydrogen-bond acceptors (Lipinski definition) is 4. The van der Waals surface area contributed by atoms with E-state index in [0.717, 1.165) is 53.1 Å². The summed E-state index contributed by atoms with van der Waals surface area (Å²) in [5.41, 5.74) is 0.984. The number of amides is 1. The molecular weight excluding hydrogens is 475 g/mol. The van der Waals surface area contributed by atoms with Crippen molar-refractivity contribution < 1.29 is 14.3 Å². The number of nitrogens with zero attached hydrogens (tertiary/aromatic N) is 2. The smallest absolute Gasteiger partial charge is 0.260 e. The summed E-state index contributed by atoms with van der Waals surface area (Å²) in [6.07, 6.45) is 5.82. The highest BCUT2D eigenvalue weighted by Crippen LogP contribution is 2.35. The zero-order valence-corrected chi connectivity index (χ0v) is 18.8. The minimum absolute atomic E-state index is 0.0404. The van der Waals surface area contributed by atoms with Gasteiger partial charge < -0.3 is 19.3 Å². The third-order valence-corrected chi connectivity index (χ3v) is 6.29. The number of thiocarbonyl (C=S) groups is 1. The normalized spacial score (nSPS) is 17.1. The van der Waals surface area contributed by atoms with Gasteiger partial charge in [-0.1, -0.05) is 12.2 Å². The van der Waals surface area contributed by atoms with Gasteiger partial charge in [0.2, 0.25) is 0 Å². The predicted molar refractivity (Wildman–Crippen MR) is 119 cm³/mol. The highest BCUT2D eigenvalue weighted by Gasteiger charge is 2.22. The third-order valence-electron chi connectivity index (χ3n) is 5.00. The maximum atomic E-state index is 12.3. The number of ether oxygens (including phenoxy) is 2. The van der Waals surface area contributed by atoms with E-state index in [4.69, 9.17) is 21.7 Å². The molecule has 2 fully saturated rings. The van der Waals surface area contributed by atoms with Crippen LogP contribution in [0.25, 0.3) is 0 Å². The third kappa shape index (κ3) is 5.25. The molecule has 2 aliphatic rings. The summed E-state index contributed by atoms with van der Waals surface area (Å²) in [6, 6.07) is 3.99. The largest absolute Gasteiger partial charge is 0.490 e. The zero-order valence-electron chi connectivity index (χ0n) is 15.8. The fourth-order valence-corrected chi connectivity index (χ4v) is 4.62. The molecule has 0 radical (unpaired) electrons. The monoisotopic (exact) mass is 502 g/mol. The van der Waals surface area contributed by atoms with Crippen molar-refractivity contribution in [3.05, 3.63) is 21.3 Å². The molecule has 0 spiro atoms. The van der Waals surface area contributed by atoms with Gasteiger partial charge in [0, 0.05) is 31.7 Å². The Labute approximate surface area is 180 Å². The van der Waals surface area contributed by atoms with Crippen LogP contribution in [0.3, 0.4) is 0 Å². The number of carbonyl (C=O) groups excluding carboxylic acids is 1. The van der Waals surface area contributed by atoms with Crippen LogP contribution in [0.15, 0.2) is 12.1 Å². The molecule has 5 nitrogen and oxygen atoms in total. The van der Waals surface area contributed by atoms with Crippen molar-refractivity contribution in [3.8, 4) is 11.5 Å². The first-order chi connectivity index (χ1) is 13.1. The van der Waals surface area contributed by atoms with Gasteiger partial charge in [-0.3, -0.25) is 4.79 Å². The van der Waals surface area contributed by atoms with Gasteiger partial charge in [0.25, 0.3) is 5.91 Å². The Hall–Kier alpha value is -1.09. The Bertz CT molecular complexity index is 686. The van der Waals surface area contributed by atoms with Gasteiger partial charge in [-0.05, 0) is 73.8 Å². The fraction of sp³-hybridized carbons (Fsp3) is 0.600. The summed E-state index contributed by atoms with van der Waals surface area (Å²) >= 11 is 7.97. The van der Waals surface area contributed by atoms with E-state index < -0.39 is 0 Å². The summed E-state index contributed by atoms with van der Waals surface area (Å²) in [5, 5.41) is 0. The van der Waals surface area contributed by atoms with E-state index >= 15 is 0 Å². The zero-order chi connectivity index (χ0) is 19.2. The molecule has 2 aliphatic heterocycles. The van der Waals surface area contributed by atoms with Gasteiger partial charge in [0.15, 0.2) is 18.1 Å². The molecule has 0 aliphatic carbocycles. The van der Waals surface area contributed by atoms with Crippen LogP contribution in [0.5, 0.6) is 11.5 Å². The van der Waals surface area contributed by atoms with Crippen LogP contribution in [0.2, 0.25) is 0 Å². The Balaban J connectivity index is 1.75. The average Bonchev–Trinajstić information content (AvgIpc) is 3.22. The molecule has 1 aromatic carbocycles. The van der Waals surface area contributed by atoms with E-state index in [0.29, 0.717) is 18.1 Å². The molecule has 148 valence electrons. The summed E-state index contributed by atoms with van der Waals surface area (Å²) in [4.78, 5) is 17.3. The van der Waals surface area contributed by atoms with Crippen molar-refractivity contribution in [1.29, 1.82) is 0 Å². The summed E-state index contributed by atoms with van der Waals surface area (Å²) < 4.78 is 12.6. The molecule has 0 N–H and O–H groups in total. The first-order valence-electron chi connectivity index (χ1n) is 9.76. The molecule has 7 heteroatoms. The van der Waals surface area contributed by atoms with Crippen LogP contribution in [0.4, 0.5) is 0 Å². The van der Waals surface area contributed by atoms with E-state index in [1.54, 1.807) is 0 Å². The topological polar surface area (TPSA) is 42.0 Å². The number of benzene rings is 1. The highest BCUT2D eigenvalue weighted by atomic mass is 127. The number of halogens is 1. The van der Waals surface area contributed by atoms with Crippen molar-refractivity contribution in [1.82, 2.24) is 9.80 Å². The van der Waals surface area contributed by atoms with Crippen molar-refractivity contribution >= 4 is 45.7 Å². The van der Waals surface area contributed by atoms with E-state index in [9.17, 15) is 4.79 Å². The molecule has 0 aromatic heterocycles. The first kappa shape index (κ1) is 20.6. The van der Waals surface area contributed by atoms with E-state index in [1.807, 2.05) is 24.0 Å². The Morgan fingerprint density at radius 1 is 1.04 bits per heavy atom. The Kier molecular flexibility index (Phi) is 7.57. The Morgan fingerprint density at radius 2 is 1.67 bits per heavy atom. The average molecular weight is 502 g/mol. The molecule has 0 atom stereocenters. The van der Waals surface area contributed by atoms with Crippen LogP contribution in [-0.2, 0) is 4.79 Å². The maximum Gasteiger partial charge on any atom is 0.260 e. The quantitative estimate of drug-likeness (QED) is 0.437. The molecule has 2 heterocycles. The molecule has 0 saturated carbocycles. The van der Waals surface area contributed by atoms with Gasteiger partial charge in [0.05, 0.1) is 10.2 Å². The second kappa shape index (κ2) is 9.91. The summed E-state index contributed by atoms with van der Waals surface area (Å²) in [6.45, 7) is 6.23. The van der Waals surface area contributed by atoms with E-state index in [1.165, 1.54) is 19.3 Å². The van der Waals surface area contributed by atoms with Gasteiger partial charge in [-0.2, -0.15) is 0 Å². The highest BCUT2D eigenvalue weighted by molar-refractivity contribution is 14.1. The fourth-order valence-electron chi connectivity index (χ4n) is 3.57. The molecule has 1 aromatic rings. The second-order valence-corrected chi connectivity index (χ2v) is 8.50. The summed E-state index contributed by atoms with van der Waals surface area (Å²) in [5.74, 6) is 1.34. The SMILES string of the molecule is CCOc1cc(C(=S)N2CCCCC2)cc(I)c1OCC(=O)N1CCCC1. The van der Waals surface area contributed by atoms with E-state index in [2.05, 4.69) is 27.5 Å². The number of hydrogen-bond donors (Lipinski definition) is 0. The molecule has 3 rings (SSSR count). The lowest BCUT2D eigenvalue weighted by molar-refractivity contribution is -0.132. The second-order valence-electron chi connectivity index (χ2n) is 6.95. The first-order valence-corrected chi connectivity index (χ1v) is 11.2. The van der Waals surface area contributed by atoms with Gasteiger partial charge >= 0.3 is 0 Å².